The van der Waals surface area contributed by atoms with Crippen LogP contribution < -0.4 is 26.8 Å². The van der Waals surface area contributed by atoms with Crippen LogP contribution in [0, 0.1) is 0 Å². The molecule has 0 saturated heterocycles. The van der Waals surface area contributed by atoms with E-state index in [2.05, 4.69) is 16.3 Å². The summed E-state index contributed by atoms with van der Waals surface area (Å²) in [5.41, 5.74) is 9.73. The standard InChI is InChI=1S/C10H13N3O/c1-2-14-13-10-5-3-4-8-6-11-12-7-9(8)10/h3-7,11-13H,2H2,1H3. The molecule has 4 heteroatoms. The first-order valence-corrected chi connectivity index (χ1v) is 4.60. The van der Waals surface area contributed by atoms with Crippen molar-refractivity contribution in [2.75, 3.05) is 12.1 Å². The molecule has 74 valence electrons. The van der Waals surface area contributed by atoms with Crippen molar-refractivity contribution in [3.63, 3.8) is 0 Å². The number of hydrogen-bond acceptors (Lipinski definition) is 4. The number of fused-ring (bicyclic) bond motifs is 1. The Hall–Kier alpha value is -1.68. The summed E-state index contributed by atoms with van der Waals surface area (Å²) in [6.07, 6.45) is 3.81. The molecule has 0 atom stereocenters. The zero-order chi connectivity index (χ0) is 9.80. The molecule has 0 saturated carbocycles. The number of nitrogens with one attached hydrogen (secondary N) is 3. The average molecular weight is 191 g/mol. The Balaban J connectivity index is 2.42. The van der Waals surface area contributed by atoms with Gasteiger partial charge in [-0.15, -0.1) is 0 Å². The summed E-state index contributed by atoms with van der Waals surface area (Å²) in [6.45, 7) is 2.58. The Labute approximate surface area is 82.2 Å². The minimum absolute atomic E-state index is 0.638. The fourth-order valence-electron chi connectivity index (χ4n) is 1.34. The summed E-state index contributed by atoms with van der Waals surface area (Å²) in [7, 11) is 0. The molecular formula is C10H13N3O. The van der Waals surface area contributed by atoms with E-state index < -0.39 is 0 Å². The molecule has 0 aromatic heterocycles. The van der Waals surface area contributed by atoms with Gasteiger partial charge in [-0.3, -0.25) is 10.3 Å². The van der Waals surface area contributed by atoms with Gasteiger partial charge in [0.05, 0.1) is 12.3 Å². The van der Waals surface area contributed by atoms with Gasteiger partial charge in [-0.2, -0.15) is 0 Å². The van der Waals surface area contributed by atoms with Gasteiger partial charge in [-0.1, -0.05) is 12.1 Å². The predicted molar refractivity (Wildman–Crippen MR) is 56.1 cm³/mol. The number of rotatable bonds is 3. The van der Waals surface area contributed by atoms with E-state index in [-0.39, 0.29) is 0 Å². The molecule has 0 unspecified atom stereocenters. The highest BCUT2D eigenvalue weighted by molar-refractivity contribution is 5.50. The molecule has 0 amide bonds. The summed E-state index contributed by atoms with van der Waals surface area (Å²) in [4.78, 5) is 5.15. The van der Waals surface area contributed by atoms with Crippen molar-refractivity contribution < 1.29 is 4.84 Å². The minimum atomic E-state index is 0.638. The molecule has 2 rings (SSSR count). The smallest absolute Gasteiger partial charge is 0.0717 e. The molecule has 14 heavy (non-hydrogen) atoms. The Bertz CT molecular complexity index is 427. The van der Waals surface area contributed by atoms with Crippen molar-refractivity contribution in [1.29, 1.82) is 0 Å². The van der Waals surface area contributed by atoms with Crippen LogP contribution in [0.4, 0.5) is 5.69 Å². The van der Waals surface area contributed by atoms with E-state index in [4.69, 9.17) is 4.84 Å². The van der Waals surface area contributed by atoms with Crippen LogP contribution in [0.5, 0.6) is 0 Å². The van der Waals surface area contributed by atoms with Crippen molar-refractivity contribution in [3.05, 3.63) is 28.6 Å². The first-order valence-electron chi connectivity index (χ1n) is 4.60. The van der Waals surface area contributed by atoms with E-state index in [1.165, 1.54) is 0 Å². The maximum Gasteiger partial charge on any atom is 0.0717 e. The van der Waals surface area contributed by atoms with Gasteiger partial charge in [-0.25, -0.2) is 0 Å². The SMILES string of the molecule is CCONc1cccc2c1=CNNC=2. The number of hydrogen-bond donors (Lipinski definition) is 3. The Morgan fingerprint density at radius 1 is 1.29 bits per heavy atom. The second kappa shape index (κ2) is 4.02. The van der Waals surface area contributed by atoms with E-state index in [0.717, 1.165) is 16.1 Å². The number of hydrazine groups is 1. The molecule has 1 aliphatic rings. The first kappa shape index (κ1) is 8.90. The minimum Gasteiger partial charge on any atom is -0.308 e. The molecular weight excluding hydrogens is 178 g/mol. The van der Waals surface area contributed by atoms with Gasteiger partial charge >= 0.3 is 0 Å². The third kappa shape index (κ3) is 1.65. The van der Waals surface area contributed by atoms with Crippen molar-refractivity contribution in [1.82, 2.24) is 10.9 Å². The zero-order valence-electron chi connectivity index (χ0n) is 8.00. The van der Waals surface area contributed by atoms with Gasteiger partial charge in [0.1, 0.15) is 0 Å². The maximum atomic E-state index is 5.15. The largest absolute Gasteiger partial charge is 0.308 e. The molecule has 4 nitrogen and oxygen atoms in total. The lowest BCUT2D eigenvalue weighted by Crippen LogP contribution is -2.40. The van der Waals surface area contributed by atoms with E-state index in [9.17, 15) is 0 Å². The lowest BCUT2D eigenvalue weighted by molar-refractivity contribution is 0.210. The lowest BCUT2D eigenvalue weighted by Gasteiger charge is -2.10. The van der Waals surface area contributed by atoms with Crippen molar-refractivity contribution in [3.8, 4) is 0 Å². The van der Waals surface area contributed by atoms with Gasteiger partial charge in [0.15, 0.2) is 0 Å². The van der Waals surface area contributed by atoms with E-state index in [1.807, 2.05) is 37.5 Å². The average Bonchev–Trinajstić information content (AvgIpc) is 2.26. The first-order chi connectivity index (χ1) is 6.92. The number of benzene rings is 1. The van der Waals surface area contributed by atoms with Gasteiger partial charge in [-0.05, 0) is 13.0 Å². The van der Waals surface area contributed by atoms with E-state index >= 15 is 0 Å². The van der Waals surface area contributed by atoms with Crippen LogP contribution in [0.1, 0.15) is 6.92 Å². The van der Waals surface area contributed by atoms with Crippen LogP contribution in [-0.2, 0) is 4.84 Å². The van der Waals surface area contributed by atoms with Crippen molar-refractivity contribution in [2.24, 2.45) is 0 Å². The highest BCUT2D eigenvalue weighted by Gasteiger charge is 1.97. The molecule has 1 aromatic rings. The van der Waals surface area contributed by atoms with Crippen LogP contribution in [0.3, 0.4) is 0 Å². The lowest BCUT2D eigenvalue weighted by atomic mass is 10.2. The number of anilines is 1. The molecule has 0 radical (unpaired) electrons. The molecule has 0 spiro atoms. The van der Waals surface area contributed by atoms with Gasteiger partial charge in [0.2, 0.25) is 0 Å². The fraction of sp³-hybridized carbons (Fsp3) is 0.200. The molecule has 1 heterocycles. The molecule has 0 bridgehead atoms. The Morgan fingerprint density at radius 2 is 2.14 bits per heavy atom. The second-order valence-electron chi connectivity index (χ2n) is 2.92. The summed E-state index contributed by atoms with van der Waals surface area (Å²) in [5, 5.41) is 2.23. The Kier molecular flexibility index (Phi) is 2.55. The second-order valence-corrected chi connectivity index (χ2v) is 2.92. The van der Waals surface area contributed by atoms with Crippen molar-refractivity contribution in [2.45, 2.75) is 6.92 Å². The summed E-state index contributed by atoms with van der Waals surface area (Å²) in [5.74, 6) is 0. The third-order valence-electron chi connectivity index (χ3n) is 1.99. The molecule has 0 aliphatic carbocycles. The quantitative estimate of drug-likeness (QED) is 0.571. The van der Waals surface area contributed by atoms with Gasteiger partial charge < -0.3 is 10.9 Å². The highest BCUT2D eigenvalue weighted by atomic mass is 16.6. The summed E-state index contributed by atoms with van der Waals surface area (Å²) in [6, 6.07) is 6.00. The summed E-state index contributed by atoms with van der Waals surface area (Å²) >= 11 is 0. The normalized spacial score (nSPS) is 12.6. The van der Waals surface area contributed by atoms with Crippen molar-refractivity contribution >= 4 is 18.1 Å². The van der Waals surface area contributed by atoms with Gasteiger partial charge in [0, 0.05) is 22.8 Å². The van der Waals surface area contributed by atoms with Crippen LogP contribution in [0.15, 0.2) is 18.2 Å². The third-order valence-corrected chi connectivity index (χ3v) is 1.99. The van der Waals surface area contributed by atoms with Crippen LogP contribution in [0.2, 0.25) is 0 Å². The maximum absolute atomic E-state index is 5.15. The molecule has 1 aliphatic heterocycles. The van der Waals surface area contributed by atoms with Crippen LogP contribution in [-0.4, -0.2) is 6.61 Å². The molecule has 3 N–H and O–H groups in total. The highest BCUT2D eigenvalue weighted by Crippen LogP contribution is 1.95. The van der Waals surface area contributed by atoms with Crippen LogP contribution >= 0.6 is 0 Å². The predicted octanol–water partition coefficient (Wildman–Crippen LogP) is -0.366. The molecule has 1 aromatic carbocycles. The molecule has 0 fully saturated rings. The van der Waals surface area contributed by atoms with E-state index in [1.54, 1.807) is 0 Å². The Morgan fingerprint density at radius 3 is 3.00 bits per heavy atom. The summed E-state index contributed by atoms with van der Waals surface area (Å²) < 4.78 is 0. The monoisotopic (exact) mass is 191 g/mol. The topological polar surface area (TPSA) is 45.3 Å². The zero-order valence-corrected chi connectivity index (χ0v) is 8.00. The van der Waals surface area contributed by atoms with Crippen LogP contribution in [0.25, 0.3) is 12.4 Å². The van der Waals surface area contributed by atoms with E-state index in [0.29, 0.717) is 6.61 Å². The fourth-order valence-corrected chi connectivity index (χ4v) is 1.34. The van der Waals surface area contributed by atoms with Gasteiger partial charge in [0.25, 0.3) is 0 Å².